The summed E-state index contributed by atoms with van der Waals surface area (Å²) in [4.78, 5) is 11.0. The summed E-state index contributed by atoms with van der Waals surface area (Å²) in [5.74, 6) is -0.0783. The van der Waals surface area contributed by atoms with Crippen molar-refractivity contribution in [2.24, 2.45) is 0 Å². The number of carbonyl (C=O) groups is 1. The van der Waals surface area contributed by atoms with Gasteiger partial charge in [0.1, 0.15) is 0 Å². The molecule has 1 aromatic carbocycles. The van der Waals surface area contributed by atoms with E-state index in [4.69, 9.17) is 4.74 Å². The summed E-state index contributed by atoms with van der Waals surface area (Å²) in [6.07, 6.45) is 14.4. The summed E-state index contributed by atoms with van der Waals surface area (Å²) in [5.41, 5.74) is 1.26. The monoisotopic (exact) mass is 348 g/mol. The third-order valence-electron chi connectivity index (χ3n) is 4.51. The fraction of sp³-hybridized carbons (Fsp3) is 0.682. The zero-order valence-electron chi connectivity index (χ0n) is 16.0. The third-order valence-corrected chi connectivity index (χ3v) is 4.51. The van der Waals surface area contributed by atoms with Gasteiger partial charge in [0.2, 0.25) is 0 Å². The van der Waals surface area contributed by atoms with Crippen molar-refractivity contribution in [3.05, 3.63) is 35.9 Å². The molecule has 0 saturated carbocycles. The topological polar surface area (TPSA) is 35.5 Å². The highest BCUT2D eigenvalue weighted by molar-refractivity contribution is 5.68. The normalized spacial score (nSPS) is 10.8. The number of esters is 1. The van der Waals surface area contributed by atoms with Gasteiger partial charge in [0, 0.05) is 13.0 Å². The Bertz CT molecular complexity index is 417. The van der Waals surface area contributed by atoms with Gasteiger partial charge in [-0.25, -0.2) is 0 Å². The molecule has 1 rings (SSSR count). The predicted molar refractivity (Wildman–Crippen MR) is 104 cm³/mol. The second kappa shape index (κ2) is 16.1. The van der Waals surface area contributed by atoms with E-state index in [0.29, 0.717) is 6.42 Å². The largest absolute Gasteiger partial charge is 0.469 e. The zero-order chi connectivity index (χ0) is 18.0. The molecule has 0 amide bonds. The molecule has 0 atom stereocenters. The Hall–Kier alpha value is -1.35. The molecular formula is C22H36O3. The summed E-state index contributed by atoms with van der Waals surface area (Å²) >= 11 is 0. The van der Waals surface area contributed by atoms with Crippen LogP contribution in [0, 0.1) is 0 Å². The average molecular weight is 349 g/mol. The Balaban J connectivity index is 1.73. The number of unbranched alkanes of at least 4 members (excludes halogenated alkanes) is 10. The standard InChI is InChI=1S/C22H36O3/c1-24-22(23)18-14-9-7-5-3-2-4-6-8-10-15-19-25-20-21-16-12-11-13-17-21/h11-13,16-17H,2-10,14-15,18-20H2,1H3. The molecule has 0 fully saturated rings. The number of hydrogen-bond acceptors (Lipinski definition) is 3. The van der Waals surface area contributed by atoms with Gasteiger partial charge in [-0.1, -0.05) is 88.1 Å². The maximum absolute atomic E-state index is 11.0. The number of ether oxygens (including phenoxy) is 2. The fourth-order valence-electron chi connectivity index (χ4n) is 2.93. The maximum Gasteiger partial charge on any atom is 0.305 e. The highest BCUT2D eigenvalue weighted by Gasteiger charge is 1.99. The van der Waals surface area contributed by atoms with E-state index in [1.54, 1.807) is 0 Å². The third kappa shape index (κ3) is 13.6. The minimum absolute atomic E-state index is 0.0783. The second-order valence-electron chi connectivity index (χ2n) is 6.75. The van der Waals surface area contributed by atoms with E-state index in [1.165, 1.54) is 70.5 Å². The molecule has 0 aliphatic rings. The summed E-state index contributed by atoms with van der Waals surface area (Å²) in [7, 11) is 1.46. The summed E-state index contributed by atoms with van der Waals surface area (Å²) < 4.78 is 10.3. The van der Waals surface area contributed by atoms with Crippen LogP contribution < -0.4 is 0 Å². The lowest BCUT2D eigenvalue weighted by Crippen LogP contribution is -1.99. The molecule has 25 heavy (non-hydrogen) atoms. The van der Waals surface area contributed by atoms with Crippen molar-refractivity contribution >= 4 is 5.97 Å². The molecule has 0 heterocycles. The van der Waals surface area contributed by atoms with Crippen molar-refractivity contribution in [2.75, 3.05) is 13.7 Å². The van der Waals surface area contributed by atoms with Crippen molar-refractivity contribution in [2.45, 2.75) is 83.7 Å². The van der Waals surface area contributed by atoms with Crippen LogP contribution in [-0.2, 0) is 20.9 Å². The summed E-state index contributed by atoms with van der Waals surface area (Å²) in [6.45, 7) is 1.61. The molecule has 0 bridgehead atoms. The van der Waals surface area contributed by atoms with Gasteiger partial charge in [-0.3, -0.25) is 4.79 Å². The molecule has 3 heteroatoms. The quantitative estimate of drug-likeness (QED) is 0.269. The van der Waals surface area contributed by atoms with Gasteiger partial charge < -0.3 is 9.47 Å². The molecular weight excluding hydrogens is 312 g/mol. The van der Waals surface area contributed by atoms with Gasteiger partial charge in [-0.05, 0) is 18.4 Å². The van der Waals surface area contributed by atoms with E-state index in [-0.39, 0.29) is 5.97 Å². The van der Waals surface area contributed by atoms with Crippen molar-refractivity contribution in [3.8, 4) is 0 Å². The zero-order valence-corrected chi connectivity index (χ0v) is 16.0. The van der Waals surface area contributed by atoms with Gasteiger partial charge >= 0.3 is 5.97 Å². The van der Waals surface area contributed by atoms with E-state index >= 15 is 0 Å². The maximum atomic E-state index is 11.0. The Kier molecular flexibility index (Phi) is 14.0. The van der Waals surface area contributed by atoms with Crippen LogP contribution in [0.15, 0.2) is 30.3 Å². The molecule has 0 unspecified atom stereocenters. The Labute approximate surface area is 154 Å². The van der Waals surface area contributed by atoms with Crippen LogP contribution in [-0.4, -0.2) is 19.7 Å². The lowest BCUT2D eigenvalue weighted by molar-refractivity contribution is -0.140. The molecule has 0 spiro atoms. The Morgan fingerprint density at radius 2 is 1.28 bits per heavy atom. The van der Waals surface area contributed by atoms with Gasteiger partial charge in [0.15, 0.2) is 0 Å². The summed E-state index contributed by atoms with van der Waals surface area (Å²) in [5, 5.41) is 0. The minimum atomic E-state index is -0.0783. The Morgan fingerprint density at radius 1 is 0.760 bits per heavy atom. The lowest BCUT2D eigenvalue weighted by atomic mass is 10.1. The Morgan fingerprint density at radius 3 is 1.84 bits per heavy atom. The summed E-state index contributed by atoms with van der Waals surface area (Å²) in [6, 6.07) is 10.4. The van der Waals surface area contributed by atoms with Crippen molar-refractivity contribution in [1.82, 2.24) is 0 Å². The van der Waals surface area contributed by atoms with Gasteiger partial charge in [0.05, 0.1) is 13.7 Å². The molecule has 0 N–H and O–H groups in total. The van der Waals surface area contributed by atoms with Crippen LogP contribution in [0.1, 0.15) is 82.6 Å². The molecule has 0 saturated heterocycles. The predicted octanol–water partition coefficient (Wildman–Crippen LogP) is 6.06. The molecule has 1 aromatic rings. The number of benzene rings is 1. The van der Waals surface area contributed by atoms with Crippen molar-refractivity contribution in [3.63, 3.8) is 0 Å². The first kappa shape index (κ1) is 21.7. The molecule has 142 valence electrons. The molecule has 0 radical (unpaired) electrons. The van der Waals surface area contributed by atoms with Gasteiger partial charge in [-0.15, -0.1) is 0 Å². The van der Waals surface area contributed by atoms with Gasteiger partial charge in [-0.2, -0.15) is 0 Å². The molecule has 0 aliphatic heterocycles. The minimum Gasteiger partial charge on any atom is -0.469 e. The fourth-order valence-corrected chi connectivity index (χ4v) is 2.93. The van der Waals surface area contributed by atoms with E-state index < -0.39 is 0 Å². The van der Waals surface area contributed by atoms with Gasteiger partial charge in [0.25, 0.3) is 0 Å². The van der Waals surface area contributed by atoms with E-state index in [9.17, 15) is 4.79 Å². The molecule has 0 aliphatic carbocycles. The highest BCUT2D eigenvalue weighted by atomic mass is 16.5. The van der Waals surface area contributed by atoms with Crippen LogP contribution in [0.4, 0.5) is 0 Å². The number of carbonyl (C=O) groups excluding carboxylic acids is 1. The first-order valence-electron chi connectivity index (χ1n) is 10.0. The highest BCUT2D eigenvalue weighted by Crippen LogP contribution is 2.12. The molecule has 3 nitrogen and oxygen atoms in total. The van der Waals surface area contributed by atoms with Crippen LogP contribution in [0.5, 0.6) is 0 Å². The number of rotatable bonds is 16. The van der Waals surface area contributed by atoms with Crippen molar-refractivity contribution < 1.29 is 14.3 Å². The number of hydrogen-bond donors (Lipinski definition) is 0. The smallest absolute Gasteiger partial charge is 0.305 e. The average Bonchev–Trinajstić information content (AvgIpc) is 2.65. The second-order valence-corrected chi connectivity index (χ2v) is 6.75. The SMILES string of the molecule is COC(=O)CCCCCCCCCCCCCOCc1ccccc1. The van der Waals surface area contributed by atoms with E-state index in [0.717, 1.165) is 26.1 Å². The molecule has 0 aromatic heterocycles. The van der Waals surface area contributed by atoms with Crippen LogP contribution in [0.3, 0.4) is 0 Å². The lowest BCUT2D eigenvalue weighted by Gasteiger charge is -2.05. The van der Waals surface area contributed by atoms with E-state index in [2.05, 4.69) is 29.0 Å². The first-order valence-corrected chi connectivity index (χ1v) is 10.0. The van der Waals surface area contributed by atoms with E-state index in [1.807, 2.05) is 6.07 Å². The van der Waals surface area contributed by atoms with Crippen molar-refractivity contribution in [1.29, 1.82) is 0 Å². The van der Waals surface area contributed by atoms with Crippen LogP contribution >= 0.6 is 0 Å². The first-order chi connectivity index (χ1) is 12.3. The van der Waals surface area contributed by atoms with Crippen LogP contribution in [0.2, 0.25) is 0 Å². The van der Waals surface area contributed by atoms with Crippen LogP contribution in [0.25, 0.3) is 0 Å². The number of methoxy groups -OCH3 is 1.